The van der Waals surface area contributed by atoms with Gasteiger partial charge in [0.25, 0.3) is 0 Å². The maximum atomic E-state index is 13.3. The van der Waals surface area contributed by atoms with Gasteiger partial charge >= 0.3 is 6.03 Å². The molecule has 1 aliphatic heterocycles. The number of hydrogen-bond donors (Lipinski definition) is 2. The summed E-state index contributed by atoms with van der Waals surface area (Å²) in [6.07, 6.45) is 0. The van der Waals surface area contributed by atoms with E-state index in [1.54, 1.807) is 0 Å². The summed E-state index contributed by atoms with van der Waals surface area (Å²) in [5.74, 6) is -1.46. The highest BCUT2D eigenvalue weighted by molar-refractivity contribution is 5.73. The molecule has 1 aromatic carbocycles. The quantitative estimate of drug-likeness (QED) is 0.732. The third-order valence-electron chi connectivity index (χ3n) is 3.36. The summed E-state index contributed by atoms with van der Waals surface area (Å²) in [5.41, 5.74) is 0. The van der Waals surface area contributed by atoms with Crippen molar-refractivity contribution in [2.45, 2.75) is 0 Å². The van der Waals surface area contributed by atoms with Gasteiger partial charge in [0.05, 0.1) is 19.8 Å². The minimum Gasteiger partial charge on any atom is -0.489 e. The highest BCUT2D eigenvalue weighted by atomic mass is 19.1. The number of hydrogen-bond acceptors (Lipinski definition) is 4. The molecule has 0 spiro atoms. The summed E-state index contributed by atoms with van der Waals surface area (Å²) in [6, 6.07) is 2.78. The molecule has 1 aromatic rings. The molecule has 0 aliphatic carbocycles. The lowest BCUT2D eigenvalue weighted by Crippen LogP contribution is -2.44. The van der Waals surface area contributed by atoms with Crippen molar-refractivity contribution in [2.24, 2.45) is 0 Å². The Morgan fingerprint density at radius 3 is 2.70 bits per heavy atom. The molecule has 128 valence electrons. The van der Waals surface area contributed by atoms with E-state index in [2.05, 4.69) is 15.5 Å². The lowest BCUT2D eigenvalue weighted by molar-refractivity contribution is 0.0387. The largest absolute Gasteiger partial charge is 0.489 e. The number of benzene rings is 1. The number of ether oxygens (including phenoxy) is 2. The van der Waals surface area contributed by atoms with E-state index in [1.165, 1.54) is 6.07 Å². The second-order valence-electron chi connectivity index (χ2n) is 5.06. The Hall–Kier alpha value is -1.93. The van der Waals surface area contributed by atoms with Gasteiger partial charge < -0.3 is 20.1 Å². The average molecular weight is 329 g/mol. The Balaban J connectivity index is 1.54. The van der Waals surface area contributed by atoms with Crippen LogP contribution in [-0.2, 0) is 4.74 Å². The molecule has 2 amide bonds. The number of amides is 2. The molecule has 2 rings (SSSR count). The van der Waals surface area contributed by atoms with Crippen LogP contribution in [-0.4, -0.2) is 63.5 Å². The maximum Gasteiger partial charge on any atom is 0.314 e. The molecule has 0 radical (unpaired) electrons. The summed E-state index contributed by atoms with van der Waals surface area (Å²) in [6.45, 7) is 4.83. The van der Waals surface area contributed by atoms with Crippen molar-refractivity contribution in [3.63, 3.8) is 0 Å². The first kappa shape index (κ1) is 17.4. The zero-order valence-corrected chi connectivity index (χ0v) is 12.8. The molecular weight excluding hydrogens is 308 g/mol. The number of morpholine rings is 1. The van der Waals surface area contributed by atoms with Gasteiger partial charge in [-0.25, -0.2) is 13.6 Å². The Morgan fingerprint density at radius 1 is 1.22 bits per heavy atom. The van der Waals surface area contributed by atoms with E-state index < -0.39 is 11.6 Å². The van der Waals surface area contributed by atoms with Crippen LogP contribution in [0.1, 0.15) is 0 Å². The molecule has 8 heteroatoms. The second kappa shape index (κ2) is 9.26. The van der Waals surface area contributed by atoms with Crippen LogP contribution >= 0.6 is 0 Å². The molecule has 0 aromatic heterocycles. The molecule has 2 N–H and O–H groups in total. The van der Waals surface area contributed by atoms with E-state index in [0.29, 0.717) is 6.54 Å². The molecular formula is C15H21F2N3O3. The molecule has 0 bridgehead atoms. The van der Waals surface area contributed by atoms with Crippen LogP contribution < -0.4 is 15.4 Å². The van der Waals surface area contributed by atoms with E-state index in [-0.39, 0.29) is 24.9 Å². The molecule has 1 saturated heterocycles. The number of nitrogens with one attached hydrogen (secondary N) is 2. The summed E-state index contributed by atoms with van der Waals surface area (Å²) in [5, 5.41) is 5.34. The molecule has 1 heterocycles. The Kier molecular flexibility index (Phi) is 7.02. The minimum absolute atomic E-state index is 0.0408. The van der Waals surface area contributed by atoms with Gasteiger partial charge in [0.15, 0.2) is 11.6 Å². The van der Waals surface area contributed by atoms with Gasteiger partial charge in [-0.05, 0) is 12.1 Å². The van der Waals surface area contributed by atoms with Crippen molar-refractivity contribution in [3.05, 3.63) is 29.8 Å². The summed E-state index contributed by atoms with van der Waals surface area (Å²) in [4.78, 5) is 13.8. The minimum atomic E-state index is -0.764. The molecule has 1 fully saturated rings. The van der Waals surface area contributed by atoms with Gasteiger partial charge in [-0.3, -0.25) is 4.90 Å². The fourth-order valence-corrected chi connectivity index (χ4v) is 2.13. The zero-order chi connectivity index (χ0) is 16.5. The van der Waals surface area contributed by atoms with Gasteiger partial charge in [0.1, 0.15) is 12.4 Å². The average Bonchev–Trinajstić information content (AvgIpc) is 2.54. The van der Waals surface area contributed by atoms with Crippen molar-refractivity contribution in [3.8, 4) is 5.75 Å². The number of halogens is 2. The predicted molar refractivity (Wildman–Crippen MR) is 80.5 cm³/mol. The van der Waals surface area contributed by atoms with E-state index in [1.807, 2.05) is 0 Å². The lowest BCUT2D eigenvalue weighted by Gasteiger charge is -2.26. The summed E-state index contributed by atoms with van der Waals surface area (Å²) < 4.78 is 36.4. The second-order valence-corrected chi connectivity index (χ2v) is 5.06. The summed E-state index contributed by atoms with van der Waals surface area (Å²) in [7, 11) is 0. The lowest BCUT2D eigenvalue weighted by atomic mass is 10.3. The van der Waals surface area contributed by atoms with Crippen LogP contribution in [0.3, 0.4) is 0 Å². The topological polar surface area (TPSA) is 62.8 Å². The molecule has 6 nitrogen and oxygen atoms in total. The molecule has 0 unspecified atom stereocenters. The first-order valence-corrected chi connectivity index (χ1v) is 7.55. The van der Waals surface area contributed by atoms with Gasteiger partial charge in [-0.1, -0.05) is 0 Å². The van der Waals surface area contributed by atoms with Crippen molar-refractivity contribution in [2.75, 3.05) is 52.5 Å². The Bertz CT molecular complexity index is 511. The van der Waals surface area contributed by atoms with Crippen LogP contribution in [0.5, 0.6) is 5.75 Å². The zero-order valence-electron chi connectivity index (χ0n) is 12.8. The number of carbonyl (C=O) groups is 1. The van der Waals surface area contributed by atoms with Crippen molar-refractivity contribution >= 4 is 6.03 Å². The van der Waals surface area contributed by atoms with Crippen LogP contribution in [0.25, 0.3) is 0 Å². The van der Waals surface area contributed by atoms with Crippen LogP contribution in [0.2, 0.25) is 0 Å². The number of rotatable bonds is 7. The Morgan fingerprint density at radius 2 is 1.96 bits per heavy atom. The fraction of sp³-hybridized carbons (Fsp3) is 0.533. The maximum absolute atomic E-state index is 13.3. The fourth-order valence-electron chi connectivity index (χ4n) is 2.13. The number of carbonyl (C=O) groups excluding carboxylic acids is 1. The first-order chi connectivity index (χ1) is 11.1. The first-order valence-electron chi connectivity index (χ1n) is 7.55. The van der Waals surface area contributed by atoms with E-state index in [0.717, 1.165) is 45.0 Å². The van der Waals surface area contributed by atoms with Crippen molar-refractivity contribution < 1.29 is 23.0 Å². The van der Waals surface area contributed by atoms with Crippen molar-refractivity contribution in [1.29, 1.82) is 0 Å². The molecule has 23 heavy (non-hydrogen) atoms. The smallest absolute Gasteiger partial charge is 0.314 e. The van der Waals surface area contributed by atoms with Gasteiger partial charge in [-0.15, -0.1) is 0 Å². The normalized spacial score (nSPS) is 15.2. The molecule has 0 saturated carbocycles. The third kappa shape index (κ3) is 6.37. The van der Waals surface area contributed by atoms with Gasteiger partial charge in [-0.2, -0.15) is 0 Å². The summed E-state index contributed by atoms with van der Waals surface area (Å²) >= 11 is 0. The molecule has 0 atom stereocenters. The SMILES string of the molecule is O=C(NCCOc1ccc(F)cc1F)NCCN1CCOCC1. The highest BCUT2D eigenvalue weighted by Crippen LogP contribution is 2.17. The van der Waals surface area contributed by atoms with Crippen LogP contribution in [0.4, 0.5) is 13.6 Å². The van der Waals surface area contributed by atoms with Crippen LogP contribution in [0.15, 0.2) is 18.2 Å². The monoisotopic (exact) mass is 329 g/mol. The van der Waals surface area contributed by atoms with E-state index in [4.69, 9.17) is 9.47 Å². The number of nitrogens with zero attached hydrogens (tertiary/aromatic N) is 1. The van der Waals surface area contributed by atoms with Gasteiger partial charge in [0, 0.05) is 32.2 Å². The standard InChI is InChI=1S/C15H21F2N3O3/c16-12-1-2-14(13(17)11-12)23-8-4-19-15(21)18-3-5-20-6-9-22-10-7-20/h1-2,11H,3-10H2,(H2,18,19,21). The van der Waals surface area contributed by atoms with Crippen LogP contribution in [0, 0.1) is 11.6 Å². The third-order valence-corrected chi connectivity index (χ3v) is 3.36. The highest BCUT2D eigenvalue weighted by Gasteiger charge is 2.10. The number of urea groups is 1. The predicted octanol–water partition coefficient (Wildman–Crippen LogP) is 0.975. The van der Waals surface area contributed by atoms with Crippen molar-refractivity contribution in [1.82, 2.24) is 15.5 Å². The van der Waals surface area contributed by atoms with E-state index >= 15 is 0 Å². The molecule has 1 aliphatic rings. The van der Waals surface area contributed by atoms with E-state index in [9.17, 15) is 13.6 Å². The van der Waals surface area contributed by atoms with Gasteiger partial charge in [0.2, 0.25) is 0 Å². The Labute approximate surface area is 133 Å².